The Bertz CT molecular complexity index is 544. The average Bonchev–Trinajstić information content (AvgIpc) is 2.81. The van der Waals surface area contributed by atoms with Crippen molar-refractivity contribution in [3.63, 3.8) is 0 Å². The van der Waals surface area contributed by atoms with Crippen molar-refractivity contribution in [1.82, 2.24) is 4.57 Å². The van der Waals surface area contributed by atoms with Crippen LogP contribution in [-0.4, -0.2) is 10.5 Å². The van der Waals surface area contributed by atoms with Crippen LogP contribution in [-0.2, 0) is 17.5 Å². The van der Waals surface area contributed by atoms with Crippen molar-refractivity contribution in [2.45, 2.75) is 12.7 Å². The highest BCUT2D eigenvalue weighted by atomic mass is 19.4. The Morgan fingerprint density at radius 3 is 2.21 bits per heavy atom. The van der Waals surface area contributed by atoms with Gasteiger partial charge in [-0.2, -0.15) is 13.2 Å². The van der Waals surface area contributed by atoms with Crippen molar-refractivity contribution in [3.8, 4) is 0 Å². The maximum Gasteiger partial charge on any atom is 0.416 e. The van der Waals surface area contributed by atoms with E-state index in [0.717, 1.165) is 12.1 Å². The molecule has 0 fully saturated rings. The van der Waals surface area contributed by atoms with Crippen LogP contribution in [0.5, 0.6) is 0 Å². The number of anilines is 1. The third-order valence-corrected chi connectivity index (χ3v) is 2.49. The molecule has 0 aliphatic carbocycles. The molecule has 0 spiro atoms. The molecule has 100 valence electrons. The van der Waals surface area contributed by atoms with Gasteiger partial charge in [0.25, 0.3) is 0 Å². The molecule has 0 saturated carbocycles. The summed E-state index contributed by atoms with van der Waals surface area (Å²) in [5.41, 5.74) is -0.402. The highest BCUT2D eigenvalue weighted by Crippen LogP contribution is 2.29. The zero-order valence-electron chi connectivity index (χ0n) is 9.82. The second-order valence-electron chi connectivity index (χ2n) is 3.98. The van der Waals surface area contributed by atoms with E-state index in [9.17, 15) is 18.0 Å². The highest BCUT2D eigenvalue weighted by Gasteiger charge is 2.29. The molecule has 0 aliphatic heterocycles. The fraction of sp³-hybridized carbons (Fsp3) is 0.154. The molecule has 1 amide bonds. The van der Waals surface area contributed by atoms with Gasteiger partial charge in [-0.3, -0.25) is 4.79 Å². The summed E-state index contributed by atoms with van der Waals surface area (Å²) in [4.78, 5) is 11.6. The Balaban J connectivity index is 1.98. The number of aromatic nitrogens is 1. The molecule has 0 atom stereocenters. The minimum absolute atomic E-state index is 0.119. The molecular weight excluding hydrogens is 257 g/mol. The van der Waals surface area contributed by atoms with Gasteiger partial charge >= 0.3 is 6.18 Å². The average molecular weight is 268 g/mol. The fourth-order valence-electron chi connectivity index (χ4n) is 1.58. The van der Waals surface area contributed by atoms with E-state index < -0.39 is 11.7 Å². The molecule has 0 aliphatic rings. The Hall–Kier alpha value is -2.24. The molecule has 0 bridgehead atoms. The Kier molecular flexibility index (Phi) is 3.59. The number of hydrogen-bond donors (Lipinski definition) is 1. The number of halogens is 3. The molecule has 19 heavy (non-hydrogen) atoms. The molecular formula is C13H11F3N2O. The molecule has 1 aromatic heterocycles. The number of amides is 1. The number of hydrogen-bond acceptors (Lipinski definition) is 1. The van der Waals surface area contributed by atoms with E-state index in [-0.39, 0.29) is 12.5 Å². The fourth-order valence-corrected chi connectivity index (χ4v) is 1.58. The predicted octanol–water partition coefficient (Wildman–Crippen LogP) is 3.15. The zero-order chi connectivity index (χ0) is 13.9. The Morgan fingerprint density at radius 2 is 1.68 bits per heavy atom. The third kappa shape index (κ3) is 3.61. The van der Waals surface area contributed by atoms with Crippen LogP contribution in [0.1, 0.15) is 5.56 Å². The van der Waals surface area contributed by atoms with Crippen LogP contribution in [0, 0.1) is 0 Å². The number of alkyl halides is 3. The quantitative estimate of drug-likeness (QED) is 0.911. The lowest BCUT2D eigenvalue weighted by Crippen LogP contribution is -2.17. The van der Waals surface area contributed by atoms with Crippen LogP contribution < -0.4 is 5.32 Å². The number of benzene rings is 1. The molecule has 6 heteroatoms. The van der Waals surface area contributed by atoms with Crippen LogP contribution in [0.3, 0.4) is 0 Å². The second kappa shape index (κ2) is 5.17. The minimum atomic E-state index is -4.37. The van der Waals surface area contributed by atoms with Crippen molar-refractivity contribution < 1.29 is 18.0 Å². The Labute approximate surface area is 107 Å². The van der Waals surface area contributed by atoms with Crippen molar-refractivity contribution in [2.75, 3.05) is 5.32 Å². The summed E-state index contributed by atoms with van der Waals surface area (Å²) in [5, 5.41) is 2.53. The summed E-state index contributed by atoms with van der Waals surface area (Å²) in [6.45, 7) is 0.119. The van der Waals surface area contributed by atoms with Crippen LogP contribution >= 0.6 is 0 Å². The molecule has 2 rings (SSSR count). The van der Waals surface area contributed by atoms with E-state index in [1.165, 1.54) is 12.1 Å². The van der Waals surface area contributed by atoms with E-state index in [0.29, 0.717) is 5.69 Å². The number of rotatable bonds is 3. The molecule has 3 nitrogen and oxygen atoms in total. The molecule has 0 radical (unpaired) electrons. The van der Waals surface area contributed by atoms with E-state index in [4.69, 9.17) is 0 Å². The minimum Gasteiger partial charge on any atom is -0.345 e. The van der Waals surface area contributed by atoms with Crippen molar-refractivity contribution in [3.05, 3.63) is 54.4 Å². The van der Waals surface area contributed by atoms with Crippen LogP contribution in [0.25, 0.3) is 0 Å². The third-order valence-electron chi connectivity index (χ3n) is 2.49. The van der Waals surface area contributed by atoms with Crippen molar-refractivity contribution >= 4 is 11.6 Å². The summed E-state index contributed by atoms with van der Waals surface area (Å²) in [6, 6.07) is 7.90. The monoisotopic (exact) mass is 268 g/mol. The van der Waals surface area contributed by atoms with Gasteiger partial charge in [0, 0.05) is 18.1 Å². The van der Waals surface area contributed by atoms with Gasteiger partial charge in [-0.25, -0.2) is 0 Å². The van der Waals surface area contributed by atoms with Crippen LogP contribution in [0.15, 0.2) is 48.8 Å². The second-order valence-corrected chi connectivity index (χ2v) is 3.98. The van der Waals surface area contributed by atoms with E-state index in [1.807, 2.05) is 0 Å². The van der Waals surface area contributed by atoms with E-state index in [2.05, 4.69) is 5.32 Å². The first-order chi connectivity index (χ1) is 8.95. The summed E-state index contributed by atoms with van der Waals surface area (Å²) in [7, 11) is 0. The summed E-state index contributed by atoms with van der Waals surface area (Å²) in [5.74, 6) is -0.295. The lowest BCUT2D eigenvalue weighted by molar-refractivity contribution is -0.137. The predicted molar refractivity (Wildman–Crippen MR) is 64.5 cm³/mol. The smallest absolute Gasteiger partial charge is 0.345 e. The zero-order valence-corrected chi connectivity index (χ0v) is 9.82. The number of nitrogens with zero attached hydrogens (tertiary/aromatic N) is 1. The van der Waals surface area contributed by atoms with Gasteiger partial charge in [0.15, 0.2) is 0 Å². The van der Waals surface area contributed by atoms with Gasteiger partial charge in [0.2, 0.25) is 5.91 Å². The highest BCUT2D eigenvalue weighted by molar-refractivity contribution is 5.90. The summed E-state index contributed by atoms with van der Waals surface area (Å²) in [6.07, 6.45) is -0.910. The van der Waals surface area contributed by atoms with Gasteiger partial charge in [0.05, 0.1) is 5.56 Å². The van der Waals surface area contributed by atoms with Crippen LogP contribution in [0.2, 0.25) is 0 Å². The molecule has 1 N–H and O–H groups in total. The van der Waals surface area contributed by atoms with Crippen LogP contribution in [0.4, 0.5) is 18.9 Å². The maximum atomic E-state index is 12.3. The van der Waals surface area contributed by atoms with Gasteiger partial charge in [0.1, 0.15) is 6.54 Å². The SMILES string of the molecule is O=C(Cn1cccc1)Nc1ccc(C(F)(F)F)cc1. The van der Waals surface area contributed by atoms with Gasteiger partial charge in [-0.1, -0.05) is 0 Å². The van der Waals surface area contributed by atoms with Gasteiger partial charge < -0.3 is 9.88 Å². The van der Waals surface area contributed by atoms with Gasteiger partial charge in [-0.15, -0.1) is 0 Å². The maximum absolute atomic E-state index is 12.3. The summed E-state index contributed by atoms with van der Waals surface area (Å²) < 4.78 is 38.7. The van der Waals surface area contributed by atoms with E-state index in [1.54, 1.807) is 29.1 Å². The van der Waals surface area contributed by atoms with Crippen molar-refractivity contribution in [1.29, 1.82) is 0 Å². The van der Waals surface area contributed by atoms with Crippen molar-refractivity contribution in [2.24, 2.45) is 0 Å². The first-order valence-corrected chi connectivity index (χ1v) is 5.53. The molecule has 0 saturated heterocycles. The normalized spacial score (nSPS) is 11.3. The number of carbonyl (C=O) groups excluding carboxylic acids is 1. The lowest BCUT2D eigenvalue weighted by atomic mass is 10.2. The Morgan fingerprint density at radius 1 is 1.11 bits per heavy atom. The number of carbonyl (C=O) groups is 1. The van der Waals surface area contributed by atoms with Gasteiger partial charge in [-0.05, 0) is 36.4 Å². The standard InChI is InChI=1S/C13H11F3N2O/c14-13(15,16)10-3-5-11(6-4-10)17-12(19)9-18-7-1-2-8-18/h1-8H,9H2,(H,17,19). The number of nitrogens with one attached hydrogen (secondary N) is 1. The topological polar surface area (TPSA) is 34.0 Å². The summed E-state index contributed by atoms with van der Waals surface area (Å²) >= 11 is 0. The largest absolute Gasteiger partial charge is 0.416 e. The van der Waals surface area contributed by atoms with E-state index >= 15 is 0 Å². The molecule has 0 unspecified atom stereocenters. The lowest BCUT2D eigenvalue weighted by Gasteiger charge is -2.09. The first kappa shape index (κ1) is 13.2. The molecule has 2 aromatic rings. The first-order valence-electron chi connectivity index (χ1n) is 5.53. The molecule has 1 aromatic carbocycles. The molecule has 1 heterocycles.